The second-order valence-corrected chi connectivity index (χ2v) is 6.87. The minimum Gasteiger partial charge on any atom is -0.330 e. The van der Waals surface area contributed by atoms with Crippen molar-refractivity contribution in [2.24, 2.45) is 5.92 Å². The van der Waals surface area contributed by atoms with E-state index in [1.54, 1.807) is 0 Å². The molecule has 3 heteroatoms. The van der Waals surface area contributed by atoms with Gasteiger partial charge in [0.1, 0.15) is 0 Å². The molecule has 0 spiro atoms. The van der Waals surface area contributed by atoms with Gasteiger partial charge >= 0.3 is 0 Å². The van der Waals surface area contributed by atoms with E-state index in [2.05, 4.69) is 41.2 Å². The highest BCUT2D eigenvalue weighted by atomic mass is 15.1. The van der Waals surface area contributed by atoms with Crippen LogP contribution in [0.4, 0.5) is 0 Å². The van der Waals surface area contributed by atoms with Crippen LogP contribution in [0.3, 0.4) is 0 Å². The van der Waals surface area contributed by atoms with Crippen molar-refractivity contribution in [1.82, 2.24) is 14.9 Å². The molecule has 1 N–H and O–H groups in total. The molecule has 1 aromatic rings. The van der Waals surface area contributed by atoms with Gasteiger partial charge in [0.05, 0.1) is 12.0 Å². The summed E-state index contributed by atoms with van der Waals surface area (Å²) >= 11 is 0. The zero-order valence-corrected chi connectivity index (χ0v) is 13.0. The SMILES string of the molecule is CCC1CCCC(n2cncc2C2CCCC(C)N2)C1. The smallest absolute Gasteiger partial charge is 0.0951 e. The Kier molecular flexibility index (Phi) is 4.45. The lowest BCUT2D eigenvalue weighted by Crippen LogP contribution is -2.36. The highest BCUT2D eigenvalue weighted by molar-refractivity contribution is 5.09. The molecule has 2 fully saturated rings. The molecular formula is C17H29N3. The molecule has 1 saturated carbocycles. The summed E-state index contributed by atoms with van der Waals surface area (Å²) in [5, 5.41) is 3.76. The van der Waals surface area contributed by atoms with Crippen molar-refractivity contribution in [2.45, 2.75) is 83.3 Å². The van der Waals surface area contributed by atoms with Crippen molar-refractivity contribution < 1.29 is 0 Å². The number of nitrogens with zero attached hydrogens (tertiary/aromatic N) is 2. The summed E-state index contributed by atoms with van der Waals surface area (Å²) in [6.07, 6.45) is 14.9. The molecule has 1 saturated heterocycles. The Morgan fingerprint density at radius 1 is 1.25 bits per heavy atom. The van der Waals surface area contributed by atoms with Crippen LogP contribution in [0.5, 0.6) is 0 Å². The summed E-state index contributed by atoms with van der Waals surface area (Å²) in [5.41, 5.74) is 1.43. The Balaban J connectivity index is 1.75. The number of nitrogens with one attached hydrogen (secondary N) is 1. The van der Waals surface area contributed by atoms with Gasteiger partial charge in [-0.2, -0.15) is 0 Å². The van der Waals surface area contributed by atoms with Crippen LogP contribution in [0.1, 0.15) is 83.0 Å². The summed E-state index contributed by atoms with van der Waals surface area (Å²) in [5.74, 6) is 0.919. The van der Waals surface area contributed by atoms with E-state index in [0.29, 0.717) is 18.1 Å². The lowest BCUT2D eigenvalue weighted by molar-refractivity contribution is 0.247. The minimum atomic E-state index is 0.517. The molecule has 4 atom stereocenters. The first kappa shape index (κ1) is 14.1. The molecule has 1 aromatic heterocycles. The van der Waals surface area contributed by atoms with Gasteiger partial charge in [0.2, 0.25) is 0 Å². The van der Waals surface area contributed by atoms with Gasteiger partial charge in [-0.05, 0) is 44.9 Å². The highest BCUT2D eigenvalue weighted by Gasteiger charge is 2.27. The quantitative estimate of drug-likeness (QED) is 0.894. The van der Waals surface area contributed by atoms with Gasteiger partial charge in [-0.3, -0.25) is 0 Å². The lowest BCUT2D eigenvalue weighted by Gasteiger charge is -2.34. The lowest BCUT2D eigenvalue weighted by atomic mass is 9.84. The van der Waals surface area contributed by atoms with Crippen LogP contribution in [0.2, 0.25) is 0 Å². The third-order valence-corrected chi connectivity index (χ3v) is 5.39. The topological polar surface area (TPSA) is 29.9 Å². The molecule has 2 aliphatic rings. The maximum absolute atomic E-state index is 4.47. The molecule has 0 aromatic carbocycles. The molecule has 1 aliphatic carbocycles. The molecule has 2 heterocycles. The minimum absolute atomic E-state index is 0.517. The average Bonchev–Trinajstić information content (AvgIpc) is 2.97. The molecule has 3 rings (SSSR count). The standard InChI is InChI=1S/C17H29N3/c1-3-14-7-5-8-15(10-14)20-12-18-11-17(20)16-9-4-6-13(2)19-16/h11-16,19H,3-10H2,1-2H3. The van der Waals surface area contributed by atoms with E-state index in [0.717, 1.165) is 5.92 Å². The fourth-order valence-electron chi connectivity index (χ4n) is 4.15. The fourth-order valence-corrected chi connectivity index (χ4v) is 4.15. The normalized spacial score (nSPS) is 35.1. The Hall–Kier alpha value is -0.830. The van der Waals surface area contributed by atoms with Crippen LogP contribution in [-0.2, 0) is 0 Å². The Morgan fingerprint density at radius 2 is 2.10 bits per heavy atom. The van der Waals surface area contributed by atoms with Crippen LogP contribution in [0, 0.1) is 5.92 Å². The predicted molar refractivity (Wildman–Crippen MR) is 82.7 cm³/mol. The van der Waals surface area contributed by atoms with E-state index in [-0.39, 0.29) is 0 Å². The molecule has 4 unspecified atom stereocenters. The molecule has 0 radical (unpaired) electrons. The van der Waals surface area contributed by atoms with Crippen molar-refractivity contribution in [3.8, 4) is 0 Å². The second-order valence-electron chi connectivity index (χ2n) is 6.87. The molecule has 1 aliphatic heterocycles. The maximum atomic E-state index is 4.47. The first-order valence-corrected chi connectivity index (χ1v) is 8.55. The van der Waals surface area contributed by atoms with Gasteiger partial charge in [0.15, 0.2) is 0 Å². The van der Waals surface area contributed by atoms with E-state index in [1.165, 1.54) is 57.1 Å². The zero-order valence-electron chi connectivity index (χ0n) is 13.0. The van der Waals surface area contributed by atoms with Crippen molar-refractivity contribution in [3.63, 3.8) is 0 Å². The van der Waals surface area contributed by atoms with Crippen LogP contribution in [0.15, 0.2) is 12.5 Å². The van der Waals surface area contributed by atoms with Crippen molar-refractivity contribution in [2.75, 3.05) is 0 Å². The van der Waals surface area contributed by atoms with Crippen molar-refractivity contribution in [1.29, 1.82) is 0 Å². The Bertz CT molecular complexity index is 426. The molecule has 0 bridgehead atoms. The average molecular weight is 275 g/mol. The van der Waals surface area contributed by atoms with Crippen LogP contribution >= 0.6 is 0 Å². The van der Waals surface area contributed by atoms with Crippen molar-refractivity contribution in [3.05, 3.63) is 18.2 Å². The van der Waals surface area contributed by atoms with Crippen molar-refractivity contribution >= 4 is 0 Å². The number of imidazole rings is 1. The van der Waals surface area contributed by atoms with Gasteiger partial charge in [0, 0.05) is 24.3 Å². The van der Waals surface area contributed by atoms with E-state index < -0.39 is 0 Å². The van der Waals surface area contributed by atoms with Crippen LogP contribution in [-0.4, -0.2) is 15.6 Å². The van der Waals surface area contributed by atoms with Gasteiger partial charge in [0.25, 0.3) is 0 Å². The molecule has 3 nitrogen and oxygen atoms in total. The number of hydrogen-bond donors (Lipinski definition) is 1. The molecule has 20 heavy (non-hydrogen) atoms. The summed E-state index contributed by atoms with van der Waals surface area (Å²) in [6.45, 7) is 4.65. The van der Waals surface area contributed by atoms with Gasteiger partial charge in [-0.15, -0.1) is 0 Å². The second kappa shape index (κ2) is 6.30. The number of piperidine rings is 1. The van der Waals surface area contributed by atoms with Gasteiger partial charge in [-0.25, -0.2) is 4.98 Å². The number of rotatable bonds is 3. The van der Waals surface area contributed by atoms with E-state index >= 15 is 0 Å². The number of aromatic nitrogens is 2. The third-order valence-electron chi connectivity index (χ3n) is 5.39. The van der Waals surface area contributed by atoms with Gasteiger partial charge in [-0.1, -0.05) is 26.2 Å². The first-order chi connectivity index (χ1) is 9.78. The zero-order chi connectivity index (χ0) is 13.9. The highest BCUT2D eigenvalue weighted by Crippen LogP contribution is 2.36. The molecule has 0 amide bonds. The fraction of sp³-hybridized carbons (Fsp3) is 0.824. The molecular weight excluding hydrogens is 246 g/mol. The van der Waals surface area contributed by atoms with E-state index in [4.69, 9.17) is 0 Å². The summed E-state index contributed by atoms with van der Waals surface area (Å²) in [4.78, 5) is 4.47. The maximum Gasteiger partial charge on any atom is 0.0951 e. The third kappa shape index (κ3) is 2.93. The predicted octanol–water partition coefficient (Wildman–Crippen LogP) is 4.23. The first-order valence-electron chi connectivity index (χ1n) is 8.55. The summed E-state index contributed by atoms with van der Waals surface area (Å²) < 4.78 is 2.50. The van der Waals surface area contributed by atoms with Crippen LogP contribution < -0.4 is 5.32 Å². The van der Waals surface area contributed by atoms with Gasteiger partial charge < -0.3 is 9.88 Å². The summed E-state index contributed by atoms with van der Waals surface area (Å²) in [6, 6.07) is 1.85. The van der Waals surface area contributed by atoms with E-state index in [9.17, 15) is 0 Å². The monoisotopic (exact) mass is 275 g/mol. The Labute approximate surface area is 123 Å². The largest absolute Gasteiger partial charge is 0.330 e. The van der Waals surface area contributed by atoms with E-state index in [1.807, 2.05) is 0 Å². The molecule has 112 valence electrons. The summed E-state index contributed by atoms with van der Waals surface area (Å²) in [7, 11) is 0. The Morgan fingerprint density at radius 3 is 2.90 bits per heavy atom. The number of hydrogen-bond acceptors (Lipinski definition) is 2. The van der Waals surface area contributed by atoms with Crippen LogP contribution in [0.25, 0.3) is 0 Å².